The second-order valence-corrected chi connectivity index (χ2v) is 5.93. The number of amides is 1. The topological polar surface area (TPSA) is 100 Å². The smallest absolute Gasteiger partial charge is 0.415 e. The van der Waals surface area contributed by atoms with E-state index in [-0.39, 0.29) is 30.2 Å². The zero-order chi connectivity index (χ0) is 17.1. The number of pyridine rings is 1. The first-order valence-corrected chi connectivity index (χ1v) is 7.88. The first-order valence-electron chi connectivity index (χ1n) is 7.00. The monoisotopic (exact) mass is 349 g/mol. The van der Waals surface area contributed by atoms with E-state index in [1.165, 1.54) is 15.5 Å². The first kappa shape index (κ1) is 16.0. The average molecular weight is 349 g/mol. The second-order valence-electron chi connectivity index (χ2n) is 5.08. The maximum absolute atomic E-state index is 14.6. The van der Waals surface area contributed by atoms with Gasteiger partial charge in [0, 0.05) is 28.1 Å². The van der Waals surface area contributed by atoms with Crippen LogP contribution < -0.4 is 10.5 Å². The quantitative estimate of drug-likeness (QED) is 0.471. The van der Waals surface area contributed by atoms with Crippen molar-refractivity contribution in [3.63, 3.8) is 0 Å². The van der Waals surface area contributed by atoms with Crippen LogP contribution in [0.3, 0.4) is 0 Å². The molecule has 1 atom stereocenters. The van der Waals surface area contributed by atoms with Gasteiger partial charge in [0.2, 0.25) is 0 Å². The number of carbonyl (C=O) groups excluding carboxylic acids is 1. The van der Waals surface area contributed by atoms with Crippen LogP contribution in [0, 0.1) is 5.82 Å². The first-order chi connectivity index (χ1) is 11.6. The van der Waals surface area contributed by atoms with E-state index in [2.05, 4.69) is 10.0 Å². The minimum Gasteiger partial charge on any atom is -0.444 e. The van der Waals surface area contributed by atoms with E-state index in [0.717, 1.165) is 11.3 Å². The van der Waals surface area contributed by atoms with Crippen LogP contribution >= 0.6 is 11.3 Å². The van der Waals surface area contributed by atoms with Gasteiger partial charge in [-0.15, -0.1) is 11.3 Å². The van der Waals surface area contributed by atoms with Gasteiger partial charge in [0.15, 0.2) is 5.82 Å². The van der Waals surface area contributed by atoms with Crippen molar-refractivity contribution in [1.29, 1.82) is 0 Å². The summed E-state index contributed by atoms with van der Waals surface area (Å²) >= 11 is 1.06. The van der Waals surface area contributed by atoms with Crippen molar-refractivity contribution in [3.8, 4) is 0 Å². The molecule has 0 aliphatic carbocycles. The van der Waals surface area contributed by atoms with Crippen molar-refractivity contribution in [2.45, 2.75) is 12.6 Å². The molecule has 0 aromatic carbocycles. The van der Waals surface area contributed by atoms with Gasteiger partial charge in [0.1, 0.15) is 11.1 Å². The summed E-state index contributed by atoms with van der Waals surface area (Å²) in [6, 6.07) is 4.69. The summed E-state index contributed by atoms with van der Waals surface area (Å²) in [5, 5.41) is 5.05. The molecule has 8 nitrogen and oxygen atoms in total. The number of hydrogen-bond acceptors (Lipinski definition) is 5. The molecule has 3 heterocycles. The molecule has 2 aromatic rings. The Kier molecular flexibility index (Phi) is 4.50. The number of aromatic nitrogens is 1. The van der Waals surface area contributed by atoms with Gasteiger partial charge in [-0.25, -0.2) is 9.18 Å². The van der Waals surface area contributed by atoms with Crippen LogP contribution in [-0.2, 0) is 11.3 Å². The molecule has 1 amide bonds. The summed E-state index contributed by atoms with van der Waals surface area (Å²) in [7, 11) is 0. The third-order valence-corrected chi connectivity index (χ3v) is 4.52. The fraction of sp³-hybridized carbons (Fsp3) is 0.286. The highest BCUT2D eigenvalue weighted by molar-refractivity contribution is 7.14. The molecule has 0 unspecified atom stereocenters. The van der Waals surface area contributed by atoms with Crippen LogP contribution in [0.15, 0.2) is 39.7 Å². The second kappa shape index (κ2) is 6.73. The number of azide groups is 1. The SMILES string of the molecule is [N-]=[N+]=NC[C@H]1CN(c2scc(Cn3ccccc3=O)c2F)C(=O)O1. The van der Waals surface area contributed by atoms with Gasteiger partial charge in [-0.05, 0) is 11.6 Å². The zero-order valence-corrected chi connectivity index (χ0v) is 13.1. The molecule has 1 aliphatic rings. The average Bonchev–Trinajstić information content (AvgIpc) is 3.11. The third-order valence-electron chi connectivity index (χ3n) is 3.49. The minimum absolute atomic E-state index is 0.00198. The van der Waals surface area contributed by atoms with Gasteiger partial charge >= 0.3 is 6.09 Å². The number of thiophene rings is 1. The highest BCUT2D eigenvalue weighted by Crippen LogP contribution is 2.33. The lowest BCUT2D eigenvalue weighted by Gasteiger charge is -2.10. The van der Waals surface area contributed by atoms with Crippen LogP contribution in [0.2, 0.25) is 0 Å². The molecule has 0 bridgehead atoms. The van der Waals surface area contributed by atoms with Gasteiger partial charge in [-0.1, -0.05) is 11.2 Å². The lowest BCUT2D eigenvalue weighted by molar-refractivity contribution is 0.145. The summed E-state index contributed by atoms with van der Waals surface area (Å²) < 4.78 is 21.0. The Labute approximate surface area is 139 Å². The number of cyclic esters (lactones) is 1. The lowest BCUT2D eigenvalue weighted by Crippen LogP contribution is -2.25. The molecule has 3 rings (SSSR count). The Morgan fingerprint density at radius 1 is 1.46 bits per heavy atom. The number of nitrogens with zero attached hydrogens (tertiary/aromatic N) is 5. The predicted molar refractivity (Wildman–Crippen MR) is 85.7 cm³/mol. The minimum atomic E-state index is -0.683. The molecule has 124 valence electrons. The highest BCUT2D eigenvalue weighted by atomic mass is 32.1. The Bertz CT molecular complexity index is 873. The van der Waals surface area contributed by atoms with Crippen molar-refractivity contribution in [3.05, 3.63) is 62.0 Å². The fourth-order valence-corrected chi connectivity index (χ4v) is 3.28. The Hall–Kier alpha value is -2.84. The Balaban J connectivity index is 1.80. The van der Waals surface area contributed by atoms with Crippen LogP contribution in [0.5, 0.6) is 0 Å². The van der Waals surface area contributed by atoms with Gasteiger partial charge < -0.3 is 9.30 Å². The van der Waals surface area contributed by atoms with E-state index in [9.17, 15) is 14.0 Å². The van der Waals surface area contributed by atoms with Gasteiger partial charge in [-0.2, -0.15) is 0 Å². The van der Waals surface area contributed by atoms with Crippen LogP contribution in [0.25, 0.3) is 10.4 Å². The van der Waals surface area contributed by atoms with E-state index in [1.54, 1.807) is 23.7 Å². The molecule has 0 spiro atoms. The van der Waals surface area contributed by atoms with Crippen LogP contribution in [-0.4, -0.2) is 29.9 Å². The van der Waals surface area contributed by atoms with E-state index in [4.69, 9.17) is 10.3 Å². The van der Waals surface area contributed by atoms with Crippen LogP contribution in [0.4, 0.5) is 14.2 Å². The van der Waals surface area contributed by atoms with Crippen molar-refractivity contribution < 1.29 is 13.9 Å². The van der Waals surface area contributed by atoms with E-state index in [0.29, 0.717) is 5.56 Å². The molecular formula is C14H12FN5O3S. The molecule has 1 fully saturated rings. The number of carbonyl (C=O) groups is 1. The molecule has 1 saturated heterocycles. The van der Waals surface area contributed by atoms with Crippen molar-refractivity contribution in [2.24, 2.45) is 5.11 Å². The molecule has 10 heteroatoms. The normalized spacial score (nSPS) is 16.8. The third kappa shape index (κ3) is 3.10. The number of anilines is 1. The highest BCUT2D eigenvalue weighted by Gasteiger charge is 2.35. The number of ether oxygens (including phenoxy) is 1. The molecule has 0 radical (unpaired) electrons. The summed E-state index contributed by atoms with van der Waals surface area (Å²) in [6.07, 6.45) is 0.284. The predicted octanol–water partition coefficient (Wildman–Crippen LogP) is 2.73. The van der Waals surface area contributed by atoms with Crippen LogP contribution in [0.1, 0.15) is 5.56 Å². The van der Waals surface area contributed by atoms with Crippen molar-refractivity contribution in [2.75, 3.05) is 18.0 Å². The van der Waals surface area contributed by atoms with Gasteiger partial charge in [0.25, 0.3) is 5.56 Å². The molecule has 0 N–H and O–H groups in total. The summed E-state index contributed by atoms with van der Waals surface area (Å²) in [6.45, 7) is 0.186. The van der Waals surface area contributed by atoms with Gasteiger partial charge in [0.05, 0.1) is 19.6 Å². The van der Waals surface area contributed by atoms with E-state index >= 15 is 0 Å². The van der Waals surface area contributed by atoms with Crippen molar-refractivity contribution >= 4 is 22.4 Å². The van der Waals surface area contributed by atoms with Gasteiger partial charge in [-0.3, -0.25) is 9.69 Å². The lowest BCUT2D eigenvalue weighted by atomic mass is 10.3. The number of halogens is 1. The zero-order valence-electron chi connectivity index (χ0n) is 12.3. The number of hydrogen-bond donors (Lipinski definition) is 0. The standard InChI is InChI=1S/C14H12FN5O3S/c15-12-9(6-19-4-2-1-3-11(19)21)8-24-13(12)20-7-10(5-17-18-16)23-14(20)22/h1-4,8,10H,5-7H2/t10-/m0/s1. The molecule has 0 saturated carbocycles. The van der Waals surface area contributed by atoms with E-state index in [1.807, 2.05) is 0 Å². The molecule has 1 aliphatic heterocycles. The molecule has 2 aromatic heterocycles. The fourth-order valence-electron chi connectivity index (χ4n) is 2.34. The Morgan fingerprint density at radius 2 is 2.29 bits per heavy atom. The summed E-state index contributed by atoms with van der Waals surface area (Å²) in [4.78, 5) is 27.4. The van der Waals surface area contributed by atoms with E-state index < -0.39 is 18.0 Å². The van der Waals surface area contributed by atoms with Crippen molar-refractivity contribution in [1.82, 2.24) is 4.57 Å². The largest absolute Gasteiger partial charge is 0.444 e. The molecule has 24 heavy (non-hydrogen) atoms. The maximum atomic E-state index is 14.6. The summed E-state index contributed by atoms with van der Waals surface area (Å²) in [5.74, 6) is -0.558. The molecular weight excluding hydrogens is 337 g/mol. The summed E-state index contributed by atoms with van der Waals surface area (Å²) in [5.41, 5.74) is 8.38. The maximum Gasteiger partial charge on any atom is 0.415 e. The Morgan fingerprint density at radius 3 is 3.04 bits per heavy atom. The number of rotatable bonds is 5.